The fourth-order valence-corrected chi connectivity index (χ4v) is 4.60. The zero-order valence-corrected chi connectivity index (χ0v) is 22.6. The van der Waals surface area contributed by atoms with Gasteiger partial charge in [0.15, 0.2) is 0 Å². The van der Waals surface area contributed by atoms with Gasteiger partial charge in [0.1, 0.15) is 11.5 Å². The molecule has 9 N–H and O–H groups in total. The quantitative estimate of drug-likeness (QED) is 0.0656. The molecule has 1 aromatic rings. The van der Waals surface area contributed by atoms with E-state index in [-0.39, 0.29) is 55.3 Å². The van der Waals surface area contributed by atoms with Gasteiger partial charge in [-0.15, -0.1) is 0 Å². The third-order valence-corrected chi connectivity index (χ3v) is 6.44. The van der Waals surface area contributed by atoms with Crippen molar-refractivity contribution in [3.05, 3.63) is 47.1 Å². The van der Waals surface area contributed by atoms with Crippen LogP contribution in [0.2, 0.25) is 0 Å². The molecule has 0 aliphatic heterocycles. The lowest BCUT2D eigenvalue weighted by Gasteiger charge is -2.32. The van der Waals surface area contributed by atoms with Crippen LogP contribution < -0.4 is 17.0 Å². The van der Waals surface area contributed by atoms with E-state index in [4.69, 9.17) is 19.3 Å². The molecular formula is C25H43N2O8P. The van der Waals surface area contributed by atoms with Crippen LogP contribution in [0.15, 0.2) is 35.9 Å². The number of allylic oxidation sites excluding steroid dienone is 3. The lowest BCUT2D eigenvalue weighted by atomic mass is 9.73. The van der Waals surface area contributed by atoms with Gasteiger partial charge in [-0.2, -0.15) is 0 Å². The van der Waals surface area contributed by atoms with Gasteiger partial charge < -0.3 is 36.7 Å². The summed E-state index contributed by atoms with van der Waals surface area (Å²) in [5.41, 5.74) is 3.61. The van der Waals surface area contributed by atoms with Crippen molar-refractivity contribution >= 4 is 14.0 Å². The standard InChI is InChI=1S/C25H37O8P.2H3N/c1-5-6-7-9-19-15-22(26)24(21-14-18(4)10-11-20(21)17(2)3)23(16-19)33-25(27)31-12-8-13-32-34(28,29)30;;/h14-16,20-21,26H,2,5-13H2,1,3-4H3,(H2,28,29,30);2*1H3/t20-,21+;;/m0../s1. The van der Waals surface area contributed by atoms with Crippen molar-refractivity contribution in [1.29, 1.82) is 0 Å². The van der Waals surface area contributed by atoms with E-state index < -0.39 is 14.0 Å². The summed E-state index contributed by atoms with van der Waals surface area (Å²) < 4.78 is 25.7. The Bertz CT molecular complexity index is 944. The highest BCUT2D eigenvalue weighted by molar-refractivity contribution is 7.46. The molecule has 2 atom stereocenters. The highest BCUT2D eigenvalue weighted by Gasteiger charge is 2.31. The van der Waals surface area contributed by atoms with Crippen LogP contribution in [0.3, 0.4) is 0 Å². The Balaban J connectivity index is 0.00000612. The zero-order valence-electron chi connectivity index (χ0n) is 21.7. The van der Waals surface area contributed by atoms with E-state index in [1.54, 1.807) is 12.1 Å². The molecule has 1 aromatic carbocycles. The Kier molecular flexibility index (Phi) is 14.8. The number of phosphoric ester groups is 1. The molecule has 0 fully saturated rings. The maximum atomic E-state index is 12.4. The smallest absolute Gasteiger partial charge is 0.507 e. The molecular weight excluding hydrogens is 487 g/mol. The number of aromatic hydroxyl groups is 1. The molecule has 0 saturated carbocycles. The summed E-state index contributed by atoms with van der Waals surface area (Å²) in [5.74, 6) is 0.248. The molecule has 206 valence electrons. The molecule has 11 heteroatoms. The maximum absolute atomic E-state index is 12.4. The number of hydrogen-bond acceptors (Lipinski definition) is 8. The van der Waals surface area contributed by atoms with Crippen molar-refractivity contribution < 1.29 is 38.3 Å². The summed E-state index contributed by atoms with van der Waals surface area (Å²) in [4.78, 5) is 29.8. The number of hydrogen-bond donors (Lipinski definition) is 5. The van der Waals surface area contributed by atoms with Crippen molar-refractivity contribution in [3.63, 3.8) is 0 Å². The van der Waals surface area contributed by atoms with Crippen molar-refractivity contribution in [2.24, 2.45) is 5.92 Å². The molecule has 0 unspecified atom stereocenters. The zero-order chi connectivity index (χ0) is 25.3. The summed E-state index contributed by atoms with van der Waals surface area (Å²) >= 11 is 0. The first kappa shape index (κ1) is 33.8. The lowest BCUT2D eigenvalue weighted by Crippen LogP contribution is -2.20. The van der Waals surface area contributed by atoms with E-state index in [0.717, 1.165) is 49.7 Å². The first-order chi connectivity index (χ1) is 16.0. The fraction of sp³-hybridized carbons (Fsp3) is 0.560. The average molecular weight is 531 g/mol. The largest absolute Gasteiger partial charge is 0.513 e. The molecule has 0 heterocycles. The van der Waals surface area contributed by atoms with Crippen molar-refractivity contribution in [1.82, 2.24) is 12.3 Å². The molecule has 0 bridgehead atoms. The number of carbonyl (C=O) groups is 1. The highest BCUT2D eigenvalue weighted by Crippen LogP contribution is 2.47. The van der Waals surface area contributed by atoms with Crippen LogP contribution >= 0.6 is 7.82 Å². The third-order valence-electron chi connectivity index (χ3n) is 5.92. The summed E-state index contributed by atoms with van der Waals surface area (Å²) in [5, 5.41) is 11.0. The number of aryl methyl sites for hydroxylation is 1. The van der Waals surface area contributed by atoms with Gasteiger partial charge in [0.05, 0.1) is 13.2 Å². The molecule has 1 aliphatic rings. The second-order valence-electron chi connectivity index (χ2n) is 8.89. The number of phenols is 1. The molecule has 10 nitrogen and oxygen atoms in total. The van der Waals surface area contributed by atoms with Gasteiger partial charge in [-0.3, -0.25) is 4.52 Å². The monoisotopic (exact) mass is 530 g/mol. The Morgan fingerprint density at radius 2 is 1.86 bits per heavy atom. The molecule has 1 aliphatic carbocycles. The third kappa shape index (κ3) is 10.8. The highest BCUT2D eigenvalue weighted by atomic mass is 31.2. The Hall–Kier alpha value is -2.20. The minimum absolute atomic E-state index is 0. The number of unbranched alkanes of at least 4 members (excludes halogenated alkanes) is 2. The predicted octanol–water partition coefficient (Wildman–Crippen LogP) is 6.48. The number of phosphoric acid groups is 1. The van der Waals surface area contributed by atoms with E-state index in [9.17, 15) is 14.5 Å². The fourth-order valence-electron chi connectivity index (χ4n) is 4.23. The van der Waals surface area contributed by atoms with Gasteiger partial charge in [0.2, 0.25) is 0 Å². The van der Waals surface area contributed by atoms with Crippen LogP contribution in [-0.2, 0) is 20.2 Å². The van der Waals surface area contributed by atoms with Crippen LogP contribution in [0.1, 0.15) is 76.3 Å². The van der Waals surface area contributed by atoms with Gasteiger partial charge >= 0.3 is 14.0 Å². The Morgan fingerprint density at radius 3 is 2.47 bits per heavy atom. The maximum Gasteiger partial charge on any atom is 0.513 e. The van der Waals surface area contributed by atoms with Gasteiger partial charge in [0, 0.05) is 17.9 Å². The van der Waals surface area contributed by atoms with E-state index in [1.807, 2.05) is 13.8 Å². The van der Waals surface area contributed by atoms with Gasteiger partial charge in [-0.05, 0) is 63.1 Å². The molecule has 0 spiro atoms. The number of carbonyl (C=O) groups excluding carboxylic acids is 1. The number of ether oxygens (including phenoxy) is 2. The molecule has 0 radical (unpaired) electrons. The summed E-state index contributed by atoms with van der Waals surface area (Å²) in [6.07, 6.45) is 6.90. The summed E-state index contributed by atoms with van der Waals surface area (Å²) in [6, 6.07) is 3.53. The van der Waals surface area contributed by atoms with Crippen LogP contribution in [0.5, 0.6) is 11.5 Å². The second kappa shape index (κ2) is 15.8. The van der Waals surface area contributed by atoms with E-state index in [0.29, 0.717) is 5.56 Å². The van der Waals surface area contributed by atoms with Crippen LogP contribution in [0, 0.1) is 5.92 Å². The minimum atomic E-state index is -4.56. The predicted molar refractivity (Wildman–Crippen MR) is 140 cm³/mol. The second-order valence-corrected chi connectivity index (χ2v) is 10.1. The molecule has 0 amide bonds. The average Bonchev–Trinajstić information content (AvgIpc) is 2.72. The minimum Gasteiger partial charge on any atom is -0.507 e. The van der Waals surface area contributed by atoms with Gasteiger partial charge in [-0.25, -0.2) is 9.36 Å². The Morgan fingerprint density at radius 1 is 1.17 bits per heavy atom. The number of benzene rings is 1. The summed E-state index contributed by atoms with van der Waals surface area (Å²) in [7, 11) is -4.56. The molecule has 0 aromatic heterocycles. The summed E-state index contributed by atoms with van der Waals surface area (Å²) in [6.45, 7) is 9.87. The van der Waals surface area contributed by atoms with E-state index in [1.165, 1.54) is 5.57 Å². The van der Waals surface area contributed by atoms with Crippen LogP contribution in [-0.4, -0.2) is 34.3 Å². The van der Waals surface area contributed by atoms with Crippen molar-refractivity contribution in [2.75, 3.05) is 13.2 Å². The molecule has 2 rings (SSSR count). The normalized spacial score (nSPS) is 17.3. The van der Waals surface area contributed by atoms with Crippen molar-refractivity contribution in [2.45, 2.75) is 71.6 Å². The number of phenolic OH excluding ortho intramolecular Hbond substituents is 1. The van der Waals surface area contributed by atoms with Crippen molar-refractivity contribution in [3.8, 4) is 11.5 Å². The first-order valence-electron chi connectivity index (χ1n) is 11.7. The van der Waals surface area contributed by atoms with Crippen LogP contribution in [0.25, 0.3) is 0 Å². The van der Waals surface area contributed by atoms with Crippen LogP contribution in [0.4, 0.5) is 4.79 Å². The topological polar surface area (TPSA) is 193 Å². The van der Waals surface area contributed by atoms with Gasteiger partial charge in [-0.1, -0.05) is 43.6 Å². The lowest BCUT2D eigenvalue weighted by molar-refractivity contribution is 0.0909. The van der Waals surface area contributed by atoms with E-state index in [2.05, 4.69) is 24.1 Å². The SMILES string of the molecule is C=C(C)[C@@H]1CCC(C)=C[C@H]1c1c(O)cc(CCCCC)cc1OC(=O)OCCCOP(=O)(O)O.N.N. The first-order valence-corrected chi connectivity index (χ1v) is 13.3. The van der Waals surface area contributed by atoms with Gasteiger partial charge in [0.25, 0.3) is 0 Å². The van der Waals surface area contributed by atoms with E-state index >= 15 is 0 Å². The number of rotatable bonds is 12. The molecule has 36 heavy (non-hydrogen) atoms. The Labute approximate surface area is 214 Å². The molecule has 0 saturated heterocycles.